The van der Waals surface area contributed by atoms with Crippen molar-refractivity contribution in [3.8, 4) is 0 Å². The fraction of sp³-hybridized carbons (Fsp3) is 0.769. The van der Waals surface area contributed by atoms with E-state index in [-0.39, 0.29) is 18.7 Å². The Morgan fingerprint density at radius 3 is 2.30 bits per heavy atom. The van der Waals surface area contributed by atoms with Crippen LogP contribution in [0.1, 0.15) is 38.5 Å². The molecule has 0 aromatic rings. The van der Waals surface area contributed by atoms with Gasteiger partial charge in [-0.25, -0.2) is 4.79 Å². The van der Waals surface area contributed by atoms with Gasteiger partial charge >= 0.3 is 11.9 Å². The van der Waals surface area contributed by atoms with Gasteiger partial charge < -0.3 is 20.5 Å². The quantitative estimate of drug-likeness (QED) is 0.436. The molecule has 0 spiro atoms. The average molecular weight is 288 g/mol. The summed E-state index contributed by atoms with van der Waals surface area (Å²) in [6.45, 7) is 0.603. The van der Waals surface area contributed by atoms with Crippen molar-refractivity contribution < 1.29 is 23.9 Å². The topological polar surface area (TPSA) is 108 Å². The molecule has 0 aliphatic heterocycles. The molecule has 0 heterocycles. The van der Waals surface area contributed by atoms with E-state index in [9.17, 15) is 14.4 Å². The van der Waals surface area contributed by atoms with Gasteiger partial charge in [-0.1, -0.05) is 6.42 Å². The minimum Gasteiger partial charge on any atom is -0.469 e. The van der Waals surface area contributed by atoms with Crippen molar-refractivity contribution in [1.29, 1.82) is 0 Å². The smallest absolute Gasteiger partial charge is 0.328 e. The second-order valence-electron chi connectivity index (χ2n) is 4.36. The van der Waals surface area contributed by atoms with E-state index >= 15 is 0 Å². The molecule has 0 aromatic carbocycles. The molecule has 0 aliphatic rings. The molecule has 7 nitrogen and oxygen atoms in total. The van der Waals surface area contributed by atoms with Crippen molar-refractivity contribution in [3.05, 3.63) is 0 Å². The Kier molecular flexibility index (Phi) is 10.3. The van der Waals surface area contributed by atoms with Crippen molar-refractivity contribution in [1.82, 2.24) is 5.32 Å². The Morgan fingerprint density at radius 1 is 1.05 bits per heavy atom. The Labute approximate surface area is 119 Å². The van der Waals surface area contributed by atoms with Gasteiger partial charge in [0.2, 0.25) is 5.91 Å². The lowest BCUT2D eigenvalue weighted by molar-refractivity contribution is -0.146. The number of carbonyl (C=O) groups is 3. The van der Waals surface area contributed by atoms with Gasteiger partial charge in [-0.15, -0.1) is 0 Å². The van der Waals surface area contributed by atoms with E-state index in [1.54, 1.807) is 0 Å². The minimum atomic E-state index is -0.818. The number of nitrogens with two attached hydrogens (primary N) is 1. The summed E-state index contributed by atoms with van der Waals surface area (Å²) in [7, 11) is 2.51. The SMILES string of the molecule is COC(=O)CCC(NC(=O)CCCCCN)C(=O)OC. The molecular weight excluding hydrogens is 264 g/mol. The van der Waals surface area contributed by atoms with Crippen molar-refractivity contribution in [2.24, 2.45) is 5.73 Å². The molecule has 1 atom stereocenters. The zero-order valence-corrected chi connectivity index (χ0v) is 12.1. The predicted molar refractivity (Wildman–Crippen MR) is 72.7 cm³/mol. The molecule has 0 rings (SSSR count). The van der Waals surface area contributed by atoms with Gasteiger partial charge in [0.05, 0.1) is 14.2 Å². The highest BCUT2D eigenvalue weighted by Crippen LogP contribution is 2.04. The van der Waals surface area contributed by atoms with E-state index in [0.717, 1.165) is 12.8 Å². The van der Waals surface area contributed by atoms with Crippen molar-refractivity contribution in [2.45, 2.75) is 44.6 Å². The van der Waals surface area contributed by atoms with Crippen molar-refractivity contribution in [3.63, 3.8) is 0 Å². The summed E-state index contributed by atoms with van der Waals surface area (Å²) < 4.78 is 9.10. The highest BCUT2D eigenvalue weighted by atomic mass is 16.5. The first-order valence-corrected chi connectivity index (χ1v) is 6.69. The molecule has 0 fully saturated rings. The highest BCUT2D eigenvalue weighted by molar-refractivity contribution is 5.84. The number of nitrogens with one attached hydrogen (secondary N) is 1. The van der Waals surface area contributed by atoms with Crippen LogP contribution < -0.4 is 11.1 Å². The zero-order chi connectivity index (χ0) is 15.4. The maximum Gasteiger partial charge on any atom is 0.328 e. The predicted octanol–water partition coefficient (Wildman–Crippen LogP) is 0.117. The first-order valence-electron chi connectivity index (χ1n) is 6.69. The molecule has 3 N–H and O–H groups in total. The lowest BCUT2D eigenvalue weighted by Gasteiger charge is -2.15. The third-order valence-electron chi connectivity index (χ3n) is 2.79. The number of unbranched alkanes of at least 4 members (excludes halogenated alkanes) is 2. The van der Waals surface area contributed by atoms with E-state index in [4.69, 9.17) is 5.73 Å². The molecule has 0 saturated carbocycles. The molecule has 20 heavy (non-hydrogen) atoms. The first-order chi connectivity index (χ1) is 9.54. The van der Waals surface area contributed by atoms with E-state index in [2.05, 4.69) is 14.8 Å². The van der Waals surface area contributed by atoms with Crippen LogP contribution in [0.2, 0.25) is 0 Å². The summed E-state index contributed by atoms with van der Waals surface area (Å²) >= 11 is 0. The summed E-state index contributed by atoms with van der Waals surface area (Å²) in [5.74, 6) is -1.23. The number of ether oxygens (including phenoxy) is 2. The Morgan fingerprint density at radius 2 is 1.75 bits per heavy atom. The number of amides is 1. The summed E-state index contributed by atoms with van der Waals surface area (Å²) in [5, 5.41) is 2.57. The van der Waals surface area contributed by atoms with Crippen LogP contribution in [-0.4, -0.2) is 44.7 Å². The van der Waals surface area contributed by atoms with Crippen LogP contribution in [-0.2, 0) is 23.9 Å². The molecule has 1 unspecified atom stereocenters. The summed E-state index contributed by atoms with van der Waals surface area (Å²) in [4.78, 5) is 34.3. The summed E-state index contributed by atoms with van der Waals surface area (Å²) in [6.07, 6.45) is 2.99. The lowest BCUT2D eigenvalue weighted by Crippen LogP contribution is -2.41. The van der Waals surface area contributed by atoms with E-state index in [1.807, 2.05) is 0 Å². The van der Waals surface area contributed by atoms with E-state index in [1.165, 1.54) is 14.2 Å². The second-order valence-corrected chi connectivity index (χ2v) is 4.36. The third kappa shape index (κ3) is 8.47. The number of rotatable bonds is 10. The average Bonchev–Trinajstić information content (AvgIpc) is 2.46. The van der Waals surface area contributed by atoms with Gasteiger partial charge in [-0.05, 0) is 25.8 Å². The van der Waals surface area contributed by atoms with Crippen LogP contribution in [0, 0.1) is 0 Å². The maximum atomic E-state index is 11.7. The molecule has 0 radical (unpaired) electrons. The fourth-order valence-electron chi connectivity index (χ4n) is 1.63. The third-order valence-corrected chi connectivity index (χ3v) is 2.79. The molecule has 0 aliphatic carbocycles. The Bertz CT molecular complexity index is 320. The highest BCUT2D eigenvalue weighted by Gasteiger charge is 2.22. The van der Waals surface area contributed by atoms with Crippen LogP contribution in [0.3, 0.4) is 0 Å². The Hall–Kier alpha value is -1.63. The molecule has 0 aromatic heterocycles. The van der Waals surface area contributed by atoms with Gasteiger partial charge in [0, 0.05) is 12.8 Å². The number of methoxy groups -OCH3 is 2. The lowest BCUT2D eigenvalue weighted by atomic mass is 10.1. The number of hydrogen-bond acceptors (Lipinski definition) is 6. The monoisotopic (exact) mass is 288 g/mol. The second kappa shape index (κ2) is 11.2. The maximum absolute atomic E-state index is 11.7. The molecule has 0 saturated heterocycles. The zero-order valence-electron chi connectivity index (χ0n) is 12.1. The number of carbonyl (C=O) groups excluding carboxylic acids is 3. The molecule has 1 amide bonds. The molecular formula is C13H24N2O5. The van der Waals surface area contributed by atoms with Gasteiger partial charge in [0.15, 0.2) is 0 Å². The first kappa shape index (κ1) is 18.4. The van der Waals surface area contributed by atoms with Gasteiger partial charge in [0.1, 0.15) is 6.04 Å². The molecule has 116 valence electrons. The van der Waals surface area contributed by atoms with Crippen LogP contribution in [0.25, 0.3) is 0 Å². The van der Waals surface area contributed by atoms with Crippen LogP contribution in [0.15, 0.2) is 0 Å². The van der Waals surface area contributed by atoms with E-state index in [0.29, 0.717) is 19.4 Å². The van der Waals surface area contributed by atoms with Crippen molar-refractivity contribution >= 4 is 17.8 Å². The molecule has 7 heteroatoms. The number of hydrogen-bond donors (Lipinski definition) is 2. The van der Waals surface area contributed by atoms with Gasteiger partial charge in [-0.2, -0.15) is 0 Å². The van der Waals surface area contributed by atoms with Crippen LogP contribution in [0.4, 0.5) is 0 Å². The summed E-state index contributed by atoms with van der Waals surface area (Å²) in [5.41, 5.74) is 5.36. The van der Waals surface area contributed by atoms with Crippen LogP contribution in [0.5, 0.6) is 0 Å². The summed E-state index contributed by atoms with van der Waals surface area (Å²) in [6, 6.07) is -0.818. The standard InChI is InChI=1S/C13H24N2O5/c1-19-12(17)8-7-10(13(18)20-2)15-11(16)6-4-3-5-9-14/h10H,3-9,14H2,1-2H3,(H,15,16). The number of esters is 2. The fourth-order valence-corrected chi connectivity index (χ4v) is 1.63. The Balaban J connectivity index is 4.17. The molecule has 0 bridgehead atoms. The minimum absolute atomic E-state index is 0.0454. The normalized spacial score (nSPS) is 11.6. The largest absolute Gasteiger partial charge is 0.469 e. The van der Waals surface area contributed by atoms with Crippen molar-refractivity contribution in [2.75, 3.05) is 20.8 Å². The van der Waals surface area contributed by atoms with Gasteiger partial charge in [-0.3, -0.25) is 9.59 Å². The van der Waals surface area contributed by atoms with E-state index < -0.39 is 18.0 Å². The van der Waals surface area contributed by atoms with Crippen LogP contribution >= 0.6 is 0 Å². The van der Waals surface area contributed by atoms with Gasteiger partial charge in [0.25, 0.3) is 0 Å².